The number of hydrogen-bond donors (Lipinski definition) is 1. The second kappa shape index (κ2) is 6.01. The number of aliphatic hydroxyl groups is 1. The first-order chi connectivity index (χ1) is 12.2. The smallest absolute Gasteiger partial charge is 0.337 e. The van der Waals surface area contributed by atoms with Crippen molar-refractivity contribution in [1.29, 1.82) is 0 Å². The van der Waals surface area contributed by atoms with Crippen molar-refractivity contribution in [2.75, 3.05) is 13.2 Å². The van der Waals surface area contributed by atoms with Crippen LogP contribution in [0.5, 0.6) is 0 Å². The van der Waals surface area contributed by atoms with Gasteiger partial charge in [-0.05, 0) is 37.0 Å². The van der Waals surface area contributed by atoms with Crippen LogP contribution in [-0.4, -0.2) is 44.0 Å². The van der Waals surface area contributed by atoms with Gasteiger partial charge in [-0.1, -0.05) is 41.0 Å². The summed E-state index contributed by atoms with van der Waals surface area (Å²) < 4.78 is 11.7. The molecule has 1 N–H and O–H groups in total. The van der Waals surface area contributed by atoms with Crippen molar-refractivity contribution in [1.82, 2.24) is 0 Å². The Morgan fingerprint density at radius 1 is 1.26 bits per heavy atom. The van der Waals surface area contributed by atoms with Gasteiger partial charge in [0.15, 0.2) is 14.1 Å². The molecule has 1 heterocycles. The van der Waals surface area contributed by atoms with E-state index in [9.17, 15) is 14.7 Å². The Morgan fingerprint density at radius 2 is 1.89 bits per heavy atom. The summed E-state index contributed by atoms with van der Waals surface area (Å²) in [6, 6.07) is 0. The quantitative estimate of drug-likeness (QED) is 0.585. The van der Waals surface area contributed by atoms with Crippen LogP contribution >= 0.6 is 0 Å². The maximum Gasteiger partial charge on any atom is 0.337 e. The van der Waals surface area contributed by atoms with Crippen LogP contribution in [0.25, 0.3) is 0 Å². The van der Waals surface area contributed by atoms with E-state index in [1.54, 1.807) is 0 Å². The number of ether oxygens (including phenoxy) is 1. The Labute approximate surface area is 163 Å². The first kappa shape index (κ1) is 20.7. The van der Waals surface area contributed by atoms with Gasteiger partial charge in [0.2, 0.25) is 0 Å². The van der Waals surface area contributed by atoms with Crippen LogP contribution in [0.3, 0.4) is 0 Å². The molecule has 152 valence electrons. The summed E-state index contributed by atoms with van der Waals surface area (Å²) in [5, 5.41) is 11.5. The highest BCUT2D eigenvalue weighted by molar-refractivity contribution is 6.74. The van der Waals surface area contributed by atoms with Gasteiger partial charge in [-0.2, -0.15) is 0 Å². The lowest BCUT2D eigenvalue weighted by molar-refractivity contribution is -0.169. The van der Waals surface area contributed by atoms with Gasteiger partial charge in [0.1, 0.15) is 12.2 Å². The molecule has 0 aromatic heterocycles. The third-order valence-corrected chi connectivity index (χ3v) is 12.4. The molecule has 0 aromatic carbocycles. The molecule has 3 aliphatic rings. The van der Waals surface area contributed by atoms with Crippen molar-refractivity contribution in [3.8, 4) is 0 Å². The van der Waals surface area contributed by atoms with E-state index in [0.717, 1.165) is 12.8 Å². The van der Waals surface area contributed by atoms with Crippen molar-refractivity contribution in [3.05, 3.63) is 11.6 Å². The Balaban J connectivity index is 1.97. The zero-order valence-corrected chi connectivity index (χ0v) is 18.8. The number of esters is 1. The van der Waals surface area contributed by atoms with Gasteiger partial charge in [0, 0.05) is 23.4 Å². The fourth-order valence-corrected chi connectivity index (χ4v) is 6.23. The third kappa shape index (κ3) is 2.86. The minimum atomic E-state index is -1.96. The molecule has 0 amide bonds. The van der Waals surface area contributed by atoms with E-state index in [2.05, 4.69) is 40.8 Å². The zero-order chi connectivity index (χ0) is 20.5. The van der Waals surface area contributed by atoms with Crippen molar-refractivity contribution >= 4 is 20.1 Å². The molecule has 0 aromatic rings. The fourth-order valence-electron chi connectivity index (χ4n) is 5.11. The fraction of sp³-hybridized carbons (Fsp3) is 0.810. The SMILES string of the molecule is CC(C)(C)[Si](C)(C)OC[C@@]1(C)CCC[C@@]2(C)[C@H]1C(=O)C=C1C(=O)OC[C@@]12O. The van der Waals surface area contributed by atoms with E-state index in [-0.39, 0.29) is 34.3 Å². The summed E-state index contributed by atoms with van der Waals surface area (Å²) in [6.45, 7) is 15.6. The summed E-state index contributed by atoms with van der Waals surface area (Å²) in [5.74, 6) is -1.01. The van der Waals surface area contributed by atoms with Crippen LogP contribution in [0.4, 0.5) is 0 Å². The summed E-state index contributed by atoms with van der Waals surface area (Å²) in [7, 11) is -1.96. The van der Waals surface area contributed by atoms with E-state index >= 15 is 0 Å². The minimum absolute atomic E-state index is 0.0584. The van der Waals surface area contributed by atoms with Gasteiger partial charge in [0.05, 0.1) is 5.57 Å². The molecule has 4 atom stereocenters. The van der Waals surface area contributed by atoms with E-state index < -0.39 is 25.3 Å². The number of fused-ring (bicyclic) bond motifs is 3. The maximum absolute atomic E-state index is 13.2. The molecule has 3 rings (SSSR count). The average Bonchev–Trinajstić information content (AvgIpc) is 2.82. The van der Waals surface area contributed by atoms with Gasteiger partial charge in [0.25, 0.3) is 0 Å². The van der Waals surface area contributed by atoms with E-state index in [1.165, 1.54) is 6.08 Å². The van der Waals surface area contributed by atoms with Crippen LogP contribution in [0.1, 0.15) is 53.9 Å². The molecule has 6 heteroatoms. The van der Waals surface area contributed by atoms with Gasteiger partial charge in [-0.15, -0.1) is 0 Å². The highest BCUT2D eigenvalue weighted by Crippen LogP contribution is 2.61. The number of rotatable bonds is 3. The molecule has 1 aliphatic heterocycles. The molecular formula is C21H34O5Si. The lowest BCUT2D eigenvalue weighted by Gasteiger charge is -2.58. The number of ketones is 1. The van der Waals surface area contributed by atoms with Crippen molar-refractivity contribution in [2.45, 2.75) is 77.6 Å². The molecule has 27 heavy (non-hydrogen) atoms. The molecule has 0 bridgehead atoms. The maximum atomic E-state index is 13.2. The topological polar surface area (TPSA) is 72.8 Å². The van der Waals surface area contributed by atoms with Crippen molar-refractivity contribution in [3.63, 3.8) is 0 Å². The standard InChI is InChI=1S/C21H34O5Si/c1-18(2,3)27(6,7)26-12-19(4)9-8-10-20(5)16(19)15(22)11-14-17(23)25-13-21(14,20)24/h11,16,24H,8-10,12-13H2,1-7H3/t16-,19+,20-,21+/m0/s1. The van der Waals surface area contributed by atoms with Gasteiger partial charge in [-0.3, -0.25) is 4.79 Å². The number of hydrogen-bond acceptors (Lipinski definition) is 5. The van der Waals surface area contributed by atoms with Gasteiger partial charge >= 0.3 is 5.97 Å². The van der Waals surface area contributed by atoms with Crippen molar-refractivity contribution < 1.29 is 23.9 Å². The first-order valence-corrected chi connectivity index (χ1v) is 12.9. The summed E-state index contributed by atoms with van der Waals surface area (Å²) in [6.07, 6.45) is 3.81. The molecule has 2 fully saturated rings. The Morgan fingerprint density at radius 3 is 2.48 bits per heavy atom. The Bertz CT molecular complexity index is 706. The van der Waals surface area contributed by atoms with E-state index in [1.807, 2.05) is 6.92 Å². The summed E-state index contributed by atoms with van der Waals surface area (Å²) in [4.78, 5) is 25.2. The molecule has 1 saturated heterocycles. The Kier molecular flexibility index (Phi) is 4.61. The molecular weight excluding hydrogens is 360 g/mol. The normalized spacial score (nSPS) is 39.6. The lowest BCUT2D eigenvalue weighted by atomic mass is 9.46. The number of cyclic esters (lactones) is 1. The average molecular weight is 395 g/mol. The molecule has 0 unspecified atom stereocenters. The first-order valence-electron chi connectivity index (χ1n) is 9.98. The van der Waals surface area contributed by atoms with E-state index in [4.69, 9.17) is 9.16 Å². The minimum Gasteiger partial charge on any atom is -0.459 e. The molecule has 1 saturated carbocycles. The number of carbonyl (C=O) groups excluding carboxylic acids is 2. The highest BCUT2D eigenvalue weighted by Gasteiger charge is 2.68. The second-order valence-corrected chi connectivity index (χ2v) is 15.6. The van der Waals surface area contributed by atoms with Crippen LogP contribution in [0.15, 0.2) is 11.6 Å². The molecule has 5 nitrogen and oxygen atoms in total. The largest absolute Gasteiger partial charge is 0.459 e. The highest BCUT2D eigenvalue weighted by atomic mass is 28.4. The van der Waals surface area contributed by atoms with Crippen LogP contribution in [0.2, 0.25) is 18.1 Å². The van der Waals surface area contributed by atoms with Gasteiger partial charge in [-0.25, -0.2) is 4.79 Å². The molecule has 0 spiro atoms. The summed E-state index contributed by atoms with van der Waals surface area (Å²) >= 11 is 0. The van der Waals surface area contributed by atoms with E-state index in [0.29, 0.717) is 13.0 Å². The number of allylic oxidation sites excluding steroid dienone is 1. The Hall–Kier alpha value is -0.983. The molecule has 2 aliphatic carbocycles. The monoisotopic (exact) mass is 394 g/mol. The lowest BCUT2D eigenvalue weighted by Crippen LogP contribution is -2.64. The predicted molar refractivity (Wildman–Crippen MR) is 106 cm³/mol. The third-order valence-electron chi connectivity index (χ3n) is 7.94. The van der Waals surface area contributed by atoms with Gasteiger partial charge < -0.3 is 14.3 Å². The molecule has 0 radical (unpaired) electrons. The number of carbonyl (C=O) groups is 2. The van der Waals surface area contributed by atoms with Crippen LogP contribution < -0.4 is 0 Å². The van der Waals surface area contributed by atoms with Crippen LogP contribution in [0, 0.1) is 16.7 Å². The second-order valence-electron chi connectivity index (χ2n) is 10.8. The van der Waals surface area contributed by atoms with Crippen LogP contribution in [-0.2, 0) is 18.8 Å². The van der Waals surface area contributed by atoms with Crippen molar-refractivity contribution in [2.24, 2.45) is 16.7 Å². The zero-order valence-electron chi connectivity index (χ0n) is 17.8. The summed E-state index contributed by atoms with van der Waals surface area (Å²) in [5.41, 5.74) is -2.34. The predicted octanol–water partition coefficient (Wildman–Crippen LogP) is 3.62.